The van der Waals surface area contributed by atoms with E-state index in [2.05, 4.69) is 66.5 Å². The Hall–Kier alpha value is -3.46. The molecule has 0 N–H and O–H groups in total. The average molecular weight is 470 g/mol. The predicted molar refractivity (Wildman–Crippen MR) is 142 cm³/mol. The van der Waals surface area contributed by atoms with E-state index >= 15 is 0 Å². The zero-order valence-electron chi connectivity index (χ0n) is 21.3. The van der Waals surface area contributed by atoms with Crippen LogP contribution < -0.4 is 9.64 Å². The highest BCUT2D eigenvalue weighted by Crippen LogP contribution is 2.38. The molecule has 182 valence electrons. The summed E-state index contributed by atoms with van der Waals surface area (Å²) in [6, 6.07) is 8.55. The molecule has 2 aliphatic rings. The smallest absolute Gasteiger partial charge is 0.157 e. The molecule has 0 bridgehead atoms. The minimum absolute atomic E-state index is 0.184. The number of anilines is 1. The molecule has 0 radical (unpaired) electrons. The molecule has 2 aromatic heterocycles. The Bertz CT molecular complexity index is 1310. The lowest BCUT2D eigenvalue weighted by Crippen LogP contribution is -2.32. The van der Waals surface area contributed by atoms with E-state index in [-0.39, 0.29) is 6.04 Å². The van der Waals surface area contributed by atoms with Crippen LogP contribution in [0, 0.1) is 31.6 Å². The Morgan fingerprint density at radius 1 is 1.11 bits per heavy atom. The third-order valence-electron chi connectivity index (χ3n) is 7.41. The van der Waals surface area contributed by atoms with E-state index in [1.165, 1.54) is 12.0 Å². The van der Waals surface area contributed by atoms with Gasteiger partial charge in [-0.1, -0.05) is 18.6 Å². The summed E-state index contributed by atoms with van der Waals surface area (Å²) in [6.07, 6.45) is 6.62. The fourth-order valence-electron chi connectivity index (χ4n) is 5.53. The summed E-state index contributed by atoms with van der Waals surface area (Å²) in [5.41, 5.74) is 6.48. The molecule has 35 heavy (non-hydrogen) atoms. The molecule has 2 fully saturated rings. The Morgan fingerprint density at radius 2 is 1.97 bits per heavy atom. The van der Waals surface area contributed by atoms with Crippen LogP contribution in [-0.4, -0.2) is 46.2 Å². The van der Waals surface area contributed by atoms with Crippen LogP contribution in [0.5, 0.6) is 5.75 Å². The Labute approximate surface area is 208 Å². The van der Waals surface area contributed by atoms with Crippen molar-refractivity contribution in [3.63, 3.8) is 0 Å². The maximum Gasteiger partial charge on any atom is 0.157 e. The highest BCUT2D eigenvalue weighted by molar-refractivity contribution is 5.67. The van der Waals surface area contributed by atoms with Crippen molar-refractivity contribution in [1.29, 1.82) is 0 Å². The summed E-state index contributed by atoms with van der Waals surface area (Å²) in [5, 5.41) is 5.00. The molecule has 2 aliphatic heterocycles. The van der Waals surface area contributed by atoms with Crippen LogP contribution in [0.3, 0.4) is 0 Å². The van der Waals surface area contributed by atoms with Gasteiger partial charge in [0.25, 0.3) is 0 Å². The average Bonchev–Trinajstić information content (AvgIpc) is 3.50. The Balaban J connectivity index is 1.45. The van der Waals surface area contributed by atoms with Gasteiger partial charge in [-0.25, -0.2) is 9.50 Å². The van der Waals surface area contributed by atoms with E-state index in [9.17, 15) is 0 Å². The Kier molecular flexibility index (Phi) is 6.42. The second-order valence-electron chi connectivity index (χ2n) is 9.78. The number of rotatable bonds is 5. The number of ether oxygens (including phenoxy) is 1. The van der Waals surface area contributed by atoms with Crippen molar-refractivity contribution < 1.29 is 4.74 Å². The van der Waals surface area contributed by atoms with Crippen molar-refractivity contribution in [2.24, 2.45) is 5.92 Å². The summed E-state index contributed by atoms with van der Waals surface area (Å²) >= 11 is 0. The van der Waals surface area contributed by atoms with Crippen molar-refractivity contribution in [1.82, 2.24) is 19.5 Å². The number of aromatic nitrogens is 3. The number of nitrogens with zero attached hydrogens (tertiary/aromatic N) is 5. The van der Waals surface area contributed by atoms with Gasteiger partial charge in [0.1, 0.15) is 11.6 Å². The van der Waals surface area contributed by atoms with Gasteiger partial charge < -0.3 is 14.5 Å². The Morgan fingerprint density at radius 3 is 2.77 bits per heavy atom. The first kappa shape index (κ1) is 23.3. The van der Waals surface area contributed by atoms with Crippen molar-refractivity contribution in [3.8, 4) is 17.6 Å². The molecule has 0 amide bonds. The zero-order valence-corrected chi connectivity index (χ0v) is 21.3. The van der Waals surface area contributed by atoms with Crippen molar-refractivity contribution in [3.05, 3.63) is 59.4 Å². The van der Waals surface area contributed by atoms with Crippen molar-refractivity contribution in [2.45, 2.75) is 52.5 Å². The highest BCUT2D eigenvalue weighted by atomic mass is 16.5. The molecule has 1 aromatic carbocycles. The topological polar surface area (TPSA) is 45.9 Å². The predicted octanol–water partition coefficient (Wildman–Crippen LogP) is 5.40. The molecule has 5 rings (SSSR count). The number of likely N-dealkylation sites (tertiary alicyclic amines) is 1. The van der Waals surface area contributed by atoms with Gasteiger partial charge >= 0.3 is 0 Å². The van der Waals surface area contributed by atoms with Crippen LogP contribution >= 0.6 is 0 Å². The lowest BCUT2D eigenvalue weighted by Gasteiger charge is -2.38. The molecular formula is C29H35N5O. The molecule has 2 saturated heterocycles. The highest BCUT2D eigenvalue weighted by Gasteiger charge is 2.29. The number of fused-ring (bicyclic) bond motifs is 1. The van der Waals surface area contributed by atoms with Crippen LogP contribution in [0.1, 0.15) is 61.0 Å². The molecule has 6 heteroatoms. The first-order valence-corrected chi connectivity index (χ1v) is 12.6. The van der Waals surface area contributed by atoms with Gasteiger partial charge in [0, 0.05) is 54.6 Å². The minimum atomic E-state index is 0.184. The molecule has 6 nitrogen and oxygen atoms in total. The first-order chi connectivity index (χ1) is 17.0. The lowest BCUT2D eigenvalue weighted by molar-refractivity contribution is 0.226. The van der Waals surface area contributed by atoms with Crippen molar-refractivity contribution >= 4 is 17.2 Å². The monoisotopic (exact) mass is 469 g/mol. The van der Waals surface area contributed by atoms with Gasteiger partial charge in [-0.15, -0.1) is 5.92 Å². The number of hydrogen-bond acceptors (Lipinski definition) is 5. The fraction of sp³-hybridized carbons (Fsp3) is 0.448. The summed E-state index contributed by atoms with van der Waals surface area (Å²) < 4.78 is 7.43. The molecule has 3 aromatic rings. The van der Waals surface area contributed by atoms with E-state index < -0.39 is 0 Å². The van der Waals surface area contributed by atoms with Gasteiger partial charge in [0.05, 0.1) is 18.8 Å². The van der Waals surface area contributed by atoms with Crippen LogP contribution in [0.25, 0.3) is 11.3 Å². The largest absolute Gasteiger partial charge is 0.497 e. The maximum absolute atomic E-state index is 5.49. The molecule has 2 atom stereocenters. The van der Waals surface area contributed by atoms with Crippen LogP contribution in [0.15, 0.2) is 37.0 Å². The van der Waals surface area contributed by atoms with Crippen LogP contribution in [0.4, 0.5) is 5.82 Å². The van der Waals surface area contributed by atoms with Gasteiger partial charge in [-0.05, 0) is 64.2 Å². The summed E-state index contributed by atoms with van der Waals surface area (Å²) in [7, 11) is 1.71. The third-order valence-corrected chi connectivity index (χ3v) is 7.41. The first-order valence-electron chi connectivity index (χ1n) is 12.6. The fourth-order valence-corrected chi connectivity index (χ4v) is 5.53. The van der Waals surface area contributed by atoms with E-state index in [1.54, 1.807) is 7.11 Å². The number of methoxy groups -OCH3 is 1. The molecule has 0 aliphatic carbocycles. The zero-order chi connectivity index (χ0) is 24.5. The van der Waals surface area contributed by atoms with Crippen LogP contribution in [-0.2, 0) is 0 Å². The number of benzene rings is 1. The lowest BCUT2D eigenvalue weighted by atomic mass is 9.96. The normalized spacial score (nSPS) is 20.1. The second-order valence-corrected chi connectivity index (χ2v) is 9.78. The van der Waals surface area contributed by atoms with E-state index in [4.69, 9.17) is 14.8 Å². The SMILES string of the molecule is C=C(c1cc(OC)ccc1C)N1CCCC[C@H]1c1cc2nc(N3CCC(C#CC)C3)c(C)cn2n1. The summed E-state index contributed by atoms with van der Waals surface area (Å²) in [5.74, 6) is 8.74. The van der Waals surface area contributed by atoms with Gasteiger partial charge in [0.15, 0.2) is 5.65 Å². The molecule has 0 spiro atoms. The number of piperidine rings is 1. The molecule has 0 saturated carbocycles. The van der Waals surface area contributed by atoms with Gasteiger partial charge in [0.2, 0.25) is 0 Å². The molecule has 4 heterocycles. The summed E-state index contributed by atoms with van der Waals surface area (Å²) in [4.78, 5) is 9.85. The quantitative estimate of drug-likeness (QED) is 0.468. The van der Waals surface area contributed by atoms with E-state index in [1.807, 2.05) is 17.5 Å². The van der Waals surface area contributed by atoms with E-state index in [0.29, 0.717) is 5.92 Å². The van der Waals surface area contributed by atoms with Gasteiger partial charge in [-0.3, -0.25) is 0 Å². The number of aryl methyl sites for hydroxylation is 2. The second kappa shape index (κ2) is 9.65. The standard InChI is InChI=1S/C29H35N5O/c1-6-9-23-13-15-32(19-23)29-21(3)18-34-28(30-29)17-26(31-34)27-10-7-8-14-33(27)22(4)25-16-24(35-5)12-11-20(25)2/h11-12,16-18,23,27H,4,7-8,10,13-15,19H2,1-3,5H3/t23?,27-/m0/s1. The maximum atomic E-state index is 5.49. The number of hydrogen-bond donors (Lipinski definition) is 0. The molecular weight excluding hydrogens is 434 g/mol. The summed E-state index contributed by atoms with van der Waals surface area (Å²) in [6.45, 7) is 13.6. The van der Waals surface area contributed by atoms with E-state index in [0.717, 1.165) is 78.6 Å². The minimum Gasteiger partial charge on any atom is -0.497 e. The van der Waals surface area contributed by atoms with Gasteiger partial charge in [-0.2, -0.15) is 5.10 Å². The van der Waals surface area contributed by atoms with Crippen molar-refractivity contribution in [2.75, 3.05) is 31.6 Å². The molecule has 1 unspecified atom stereocenters. The third kappa shape index (κ3) is 4.48. The van der Waals surface area contributed by atoms with Crippen LogP contribution in [0.2, 0.25) is 0 Å².